The molecule has 3 N–H and O–H groups in total. The van der Waals surface area contributed by atoms with Crippen molar-refractivity contribution in [1.29, 1.82) is 0 Å². The first-order chi connectivity index (χ1) is 15.0. The second kappa shape index (κ2) is 15.5. The van der Waals surface area contributed by atoms with E-state index in [4.69, 9.17) is 13.9 Å². The minimum absolute atomic E-state index is 0. The number of ether oxygens (including phenoxy) is 2. The normalized spacial score (nSPS) is 10.9. The number of halogens is 1. The Morgan fingerprint density at radius 3 is 2.56 bits per heavy atom. The van der Waals surface area contributed by atoms with Crippen LogP contribution in [-0.2, 0) is 11.3 Å². The fraction of sp³-hybridized carbons (Fsp3) is 0.478. The minimum atomic E-state index is -0.191. The van der Waals surface area contributed by atoms with E-state index in [-0.39, 0.29) is 29.9 Å². The maximum absolute atomic E-state index is 12.1. The highest BCUT2D eigenvalue weighted by atomic mass is 127. The maximum Gasteiger partial charge on any atom is 0.287 e. The highest BCUT2D eigenvalue weighted by Gasteiger charge is 2.11. The predicted molar refractivity (Wildman–Crippen MR) is 137 cm³/mol. The van der Waals surface area contributed by atoms with Crippen LogP contribution in [0.2, 0.25) is 0 Å². The zero-order valence-corrected chi connectivity index (χ0v) is 21.7. The molecule has 1 amide bonds. The number of rotatable bonds is 12. The third-order valence-corrected chi connectivity index (χ3v) is 4.52. The summed E-state index contributed by atoms with van der Waals surface area (Å²) in [5.41, 5.74) is 2.98. The number of hydrogen-bond acceptors (Lipinski definition) is 5. The van der Waals surface area contributed by atoms with Gasteiger partial charge in [-0.05, 0) is 44.9 Å². The Morgan fingerprint density at radius 1 is 1.09 bits per heavy atom. The van der Waals surface area contributed by atoms with E-state index in [0.29, 0.717) is 38.6 Å². The third kappa shape index (κ3) is 9.47. The van der Waals surface area contributed by atoms with Crippen molar-refractivity contribution >= 4 is 35.8 Å². The van der Waals surface area contributed by atoms with Gasteiger partial charge in [0.25, 0.3) is 5.91 Å². The lowest BCUT2D eigenvalue weighted by Gasteiger charge is -2.14. The van der Waals surface area contributed by atoms with Gasteiger partial charge in [-0.3, -0.25) is 4.79 Å². The molecule has 0 saturated carbocycles. The summed E-state index contributed by atoms with van der Waals surface area (Å²) in [6.07, 6.45) is 2.28. The number of carbonyl (C=O) groups is 1. The number of nitrogens with zero attached hydrogens (tertiary/aromatic N) is 1. The quantitative estimate of drug-likeness (QED) is 0.160. The van der Waals surface area contributed by atoms with E-state index < -0.39 is 0 Å². The summed E-state index contributed by atoms with van der Waals surface area (Å²) < 4.78 is 16.1. The highest BCUT2D eigenvalue weighted by molar-refractivity contribution is 14.0. The second-order valence-electron chi connectivity index (χ2n) is 7.12. The Balaban J connectivity index is 0.00000512. The molecular formula is C23H35IN4O4. The van der Waals surface area contributed by atoms with Gasteiger partial charge in [0.1, 0.15) is 12.4 Å². The Kier molecular flexibility index (Phi) is 13.5. The van der Waals surface area contributed by atoms with Crippen LogP contribution in [0, 0.1) is 13.8 Å². The molecule has 0 aliphatic rings. The van der Waals surface area contributed by atoms with Gasteiger partial charge in [0.2, 0.25) is 0 Å². The molecule has 0 unspecified atom stereocenters. The van der Waals surface area contributed by atoms with Crippen LogP contribution in [0.5, 0.6) is 5.75 Å². The van der Waals surface area contributed by atoms with Gasteiger partial charge in [0.05, 0.1) is 19.4 Å². The smallest absolute Gasteiger partial charge is 0.287 e. The molecule has 2 rings (SSSR count). The summed E-state index contributed by atoms with van der Waals surface area (Å²) in [5, 5.41) is 9.41. The molecule has 1 aromatic carbocycles. The summed E-state index contributed by atoms with van der Waals surface area (Å²) in [6, 6.07) is 7.89. The number of nitrogens with one attached hydrogen (secondary N) is 3. The van der Waals surface area contributed by atoms with Gasteiger partial charge in [-0.25, -0.2) is 4.99 Å². The van der Waals surface area contributed by atoms with Crippen molar-refractivity contribution in [3.05, 3.63) is 53.0 Å². The van der Waals surface area contributed by atoms with Crippen LogP contribution in [0.3, 0.4) is 0 Å². The average Bonchev–Trinajstić information content (AvgIpc) is 3.18. The number of methoxy groups -OCH3 is 1. The Morgan fingerprint density at radius 2 is 1.88 bits per heavy atom. The van der Waals surface area contributed by atoms with Gasteiger partial charge < -0.3 is 29.8 Å². The van der Waals surface area contributed by atoms with Gasteiger partial charge in [0.15, 0.2) is 11.7 Å². The Bertz CT molecular complexity index is 854. The Hall–Kier alpha value is -2.27. The average molecular weight is 558 g/mol. The monoisotopic (exact) mass is 558 g/mol. The van der Waals surface area contributed by atoms with Crippen molar-refractivity contribution < 1.29 is 18.7 Å². The van der Waals surface area contributed by atoms with E-state index in [2.05, 4.69) is 27.0 Å². The lowest BCUT2D eigenvalue weighted by atomic mass is 10.1. The first-order valence-electron chi connectivity index (χ1n) is 10.6. The van der Waals surface area contributed by atoms with Gasteiger partial charge in [-0.1, -0.05) is 12.1 Å². The van der Waals surface area contributed by atoms with Crippen LogP contribution in [0.15, 0.2) is 39.9 Å². The van der Waals surface area contributed by atoms with Crippen LogP contribution < -0.4 is 20.7 Å². The summed E-state index contributed by atoms with van der Waals surface area (Å²) >= 11 is 0. The van der Waals surface area contributed by atoms with E-state index in [1.165, 1.54) is 6.26 Å². The molecule has 1 heterocycles. The number of furan rings is 1. The van der Waals surface area contributed by atoms with Crippen molar-refractivity contribution in [3.8, 4) is 5.75 Å². The lowest BCUT2D eigenvalue weighted by Crippen LogP contribution is -2.38. The number of aliphatic imine (C=N–C) groups is 1. The molecule has 0 spiro atoms. The van der Waals surface area contributed by atoms with E-state index in [9.17, 15) is 4.79 Å². The predicted octanol–water partition coefficient (Wildman–Crippen LogP) is 3.41. The largest absolute Gasteiger partial charge is 0.491 e. The van der Waals surface area contributed by atoms with Crippen LogP contribution in [-0.4, -0.2) is 51.8 Å². The molecule has 0 atom stereocenters. The van der Waals surface area contributed by atoms with Crippen molar-refractivity contribution in [1.82, 2.24) is 16.0 Å². The molecule has 2 aromatic rings. The van der Waals surface area contributed by atoms with Gasteiger partial charge in [-0.2, -0.15) is 0 Å². The van der Waals surface area contributed by atoms with Crippen LogP contribution in [0.1, 0.15) is 40.6 Å². The maximum atomic E-state index is 12.1. The van der Waals surface area contributed by atoms with Crippen LogP contribution in [0.4, 0.5) is 0 Å². The Labute approximate surface area is 207 Å². The van der Waals surface area contributed by atoms with Crippen molar-refractivity contribution in [3.63, 3.8) is 0 Å². The van der Waals surface area contributed by atoms with E-state index in [1.54, 1.807) is 13.2 Å². The number of hydrogen-bond donors (Lipinski definition) is 3. The summed E-state index contributed by atoms with van der Waals surface area (Å²) in [5.74, 6) is 1.72. The molecule has 32 heavy (non-hydrogen) atoms. The summed E-state index contributed by atoms with van der Waals surface area (Å²) in [4.78, 5) is 16.7. The van der Waals surface area contributed by atoms with Gasteiger partial charge in [0, 0.05) is 37.9 Å². The van der Waals surface area contributed by atoms with Crippen molar-refractivity contribution in [2.45, 2.75) is 33.7 Å². The van der Waals surface area contributed by atoms with E-state index in [1.807, 2.05) is 32.9 Å². The van der Waals surface area contributed by atoms with E-state index >= 15 is 0 Å². The fourth-order valence-electron chi connectivity index (χ4n) is 2.85. The van der Waals surface area contributed by atoms with Crippen molar-refractivity contribution in [2.24, 2.45) is 4.99 Å². The molecule has 0 saturated heterocycles. The molecule has 0 fully saturated rings. The van der Waals surface area contributed by atoms with E-state index in [0.717, 1.165) is 41.4 Å². The first kappa shape index (κ1) is 27.8. The fourth-order valence-corrected chi connectivity index (χ4v) is 2.85. The first-order valence-corrected chi connectivity index (χ1v) is 10.6. The topological polar surface area (TPSA) is 97.1 Å². The highest BCUT2D eigenvalue weighted by Crippen LogP contribution is 2.21. The number of benzene rings is 1. The number of amides is 1. The molecule has 178 valence electrons. The third-order valence-electron chi connectivity index (χ3n) is 4.52. The van der Waals surface area contributed by atoms with Crippen molar-refractivity contribution in [2.75, 3.05) is 40.0 Å². The second-order valence-corrected chi connectivity index (χ2v) is 7.12. The summed E-state index contributed by atoms with van der Waals surface area (Å²) in [6.45, 7) is 9.41. The molecule has 0 aliphatic heterocycles. The number of guanidine groups is 1. The summed E-state index contributed by atoms with van der Waals surface area (Å²) in [7, 11) is 1.66. The standard InChI is InChI=1S/C23H34N4O4.HI/c1-5-24-23(26-11-6-10-25-22(28)21-18(3)9-12-31-21)27-16-19-8-7-17(2)15-20(19)30-14-13-29-4;/h7-9,12,15H,5-6,10-11,13-14,16H2,1-4H3,(H,25,28)(H2,24,26,27);1H. The molecule has 8 nitrogen and oxygen atoms in total. The van der Waals surface area contributed by atoms with Crippen LogP contribution >= 0.6 is 24.0 Å². The molecule has 0 bridgehead atoms. The molecule has 0 aliphatic carbocycles. The lowest BCUT2D eigenvalue weighted by molar-refractivity contribution is 0.0925. The zero-order chi connectivity index (χ0) is 22.5. The zero-order valence-electron chi connectivity index (χ0n) is 19.3. The molecule has 9 heteroatoms. The molecular weight excluding hydrogens is 523 g/mol. The number of carbonyl (C=O) groups excluding carboxylic acids is 1. The van der Waals surface area contributed by atoms with Gasteiger partial charge in [-0.15, -0.1) is 24.0 Å². The molecule has 0 radical (unpaired) electrons. The van der Waals surface area contributed by atoms with Gasteiger partial charge >= 0.3 is 0 Å². The number of aryl methyl sites for hydroxylation is 2. The minimum Gasteiger partial charge on any atom is -0.491 e. The SMILES string of the molecule is CCNC(=NCc1ccc(C)cc1OCCOC)NCCCNC(=O)c1occc1C.I. The molecule has 1 aromatic heterocycles. The van der Waals surface area contributed by atoms with Crippen LogP contribution in [0.25, 0.3) is 0 Å².